The Morgan fingerprint density at radius 3 is 2.73 bits per heavy atom. The molecular formula is C8H15NO2. The first-order chi connectivity index (χ1) is 5.01. The number of carboxylic acid groups (broad SMARTS) is 1. The quantitative estimate of drug-likeness (QED) is 0.596. The summed E-state index contributed by atoms with van der Waals surface area (Å²) < 4.78 is 0. The molecule has 0 aromatic carbocycles. The van der Waals surface area contributed by atoms with Gasteiger partial charge in [0.15, 0.2) is 0 Å². The van der Waals surface area contributed by atoms with Crippen molar-refractivity contribution in [3.8, 4) is 0 Å². The van der Waals surface area contributed by atoms with E-state index in [2.05, 4.69) is 0 Å². The molecule has 11 heavy (non-hydrogen) atoms. The second-order valence-corrected chi connectivity index (χ2v) is 3.79. The van der Waals surface area contributed by atoms with Crippen LogP contribution in [0.5, 0.6) is 0 Å². The minimum atomic E-state index is -0.693. The Labute approximate surface area is 66.6 Å². The molecule has 0 radical (unpaired) electrons. The molecule has 2 atom stereocenters. The first-order valence-corrected chi connectivity index (χ1v) is 4.03. The van der Waals surface area contributed by atoms with Gasteiger partial charge in [0, 0.05) is 5.54 Å². The van der Waals surface area contributed by atoms with Crippen molar-refractivity contribution >= 4 is 5.97 Å². The molecule has 1 saturated carbocycles. The van der Waals surface area contributed by atoms with E-state index in [1.165, 1.54) is 0 Å². The van der Waals surface area contributed by atoms with Crippen LogP contribution in [0.15, 0.2) is 0 Å². The Kier molecular flexibility index (Phi) is 2.18. The Hall–Kier alpha value is -0.570. The number of rotatable bonds is 1. The molecule has 0 bridgehead atoms. The molecule has 0 unspecified atom stereocenters. The molecule has 1 rings (SSSR count). The minimum Gasteiger partial charge on any atom is -0.481 e. The molecule has 0 amide bonds. The fraction of sp³-hybridized carbons (Fsp3) is 0.875. The predicted octanol–water partition coefficient (Wildman–Crippen LogP) is 0.979. The van der Waals surface area contributed by atoms with Crippen molar-refractivity contribution in [1.82, 2.24) is 0 Å². The first kappa shape index (κ1) is 8.53. The summed E-state index contributed by atoms with van der Waals surface area (Å²) in [5.41, 5.74) is 5.59. The largest absolute Gasteiger partial charge is 0.481 e. The van der Waals surface area contributed by atoms with Crippen LogP contribution < -0.4 is 5.73 Å². The van der Waals surface area contributed by atoms with E-state index in [0.717, 1.165) is 19.3 Å². The van der Waals surface area contributed by atoms with Gasteiger partial charge in [-0.15, -0.1) is 0 Å². The standard InChI is InChI=1S/C8H15NO2/c1-8(9)4-2-3-6(5-8)7(10)11/h6H,2-5,9H2,1H3,(H,10,11)/t6-,8+/m0/s1. The molecule has 1 aliphatic carbocycles. The summed E-state index contributed by atoms with van der Waals surface area (Å²) in [6, 6.07) is 0. The third-order valence-electron chi connectivity index (χ3n) is 2.36. The van der Waals surface area contributed by atoms with Crippen LogP contribution in [-0.2, 0) is 4.79 Å². The van der Waals surface area contributed by atoms with Crippen molar-refractivity contribution < 1.29 is 9.90 Å². The highest BCUT2D eigenvalue weighted by molar-refractivity contribution is 5.70. The van der Waals surface area contributed by atoms with Crippen molar-refractivity contribution in [2.24, 2.45) is 11.7 Å². The van der Waals surface area contributed by atoms with Gasteiger partial charge in [-0.1, -0.05) is 6.42 Å². The molecule has 3 nitrogen and oxygen atoms in total. The average Bonchev–Trinajstić information content (AvgIpc) is 1.85. The number of carboxylic acids is 1. The topological polar surface area (TPSA) is 63.3 Å². The van der Waals surface area contributed by atoms with Crippen molar-refractivity contribution in [1.29, 1.82) is 0 Å². The molecule has 0 aromatic rings. The van der Waals surface area contributed by atoms with Gasteiger partial charge >= 0.3 is 5.97 Å². The van der Waals surface area contributed by atoms with Crippen LogP contribution in [0.1, 0.15) is 32.6 Å². The van der Waals surface area contributed by atoms with Gasteiger partial charge in [-0.3, -0.25) is 4.79 Å². The molecule has 1 fully saturated rings. The van der Waals surface area contributed by atoms with Gasteiger partial charge in [0.1, 0.15) is 0 Å². The molecular weight excluding hydrogens is 142 g/mol. The molecule has 64 valence electrons. The first-order valence-electron chi connectivity index (χ1n) is 4.03. The van der Waals surface area contributed by atoms with E-state index in [4.69, 9.17) is 10.8 Å². The summed E-state index contributed by atoms with van der Waals surface area (Å²) in [7, 11) is 0. The van der Waals surface area contributed by atoms with Crippen LogP contribution in [0.2, 0.25) is 0 Å². The maximum atomic E-state index is 10.6. The number of hydrogen-bond donors (Lipinski definition) is 2. The summed E-state index contributed by atoms with van der Waals surface area (Å²) in [6.45, 7) is 1.93. The van der Waals surface area contributed by atoms with Gasteiger partial charge in [-0.2, -0.15) is 0 Å². The van der Waals surface area contributed by atoms with Crippen LogP contribution in [0, 0.1) is 5.92 Å². The van der Waals surface area contributed by atoms with E-state index < -0.39 is 5.97 Å². The van der Waals surface area contributed by atoms with Crippen LogP contribution in [0.25, 0.3) is 0 Å². The third kappa shape index (κ3) is 2.19. The molecule has 0 aromatic heterocycles. The van der Waals surface area contributed by atoms with Crippen molar-refractivity contribution in [3.05, 3.63) is 0 Å². The lowest BCUT2D eigenvalue weighted by Gasteiger charge is -2.32. The van der Waals surface area contributed by atoms with Gasteiger partial charge in [-0.25, -0.2) is 0 Å². The number of aliphatic carboxylic acids is 1. The number of carbonyl (C=O) groups is 1. The molecule has 0 aliphatic heterocycles. The number of hydrogen-bond acceptors (Lipinski definition) is 2. The van der Waals surface area contributed by atoms with E-state index in [1.807, 2.05) is 6.92 Å². The normalized spacial score (nSPS) is 38.5. The average molecular weight is 157 g/mol. The van der Waals surface area contributed by atoms with Crippen LogP contribution in [0.4, 0.5) is 0 Å². The molecule has 3 heteroatoms. The molecule has 0 heterocycles. The van der Waals surface area contributed by atoms with Gasteiger partial charge in [0.25, 0.3) is 0 Å². The monoisotopic (exact) mass is 157 g/mol. The lowest BCUT2D eigenvalue weighted by atomic mass is 9.78. The summed E-state index contributed by atoms with van der Waals surface area (Å²) >= 11 is 0. The van der Waals surface area contributed by atoms with E-state index in [0.29, 0.717) is 6.42 Å². The highest BCUT2D eigenvalue weighted by Crippen LogP contribution is 2.30. The zero-order valence-corrected chi connectivity index (χ0v) is 6.84. The highest BCUT2D eigenvalue weighted by atomic mass is 16.4. The lowest BCUT2D eigenvalue weighted by molar-refractivity contribution is -0.143. The SMILES string of the molecule is C[C@@]1(N)CCC[C@H](C(=O)O)C1. The minimum absolute atomic E-state index is 0.209. The number of nitrogens with two attached hydrogens (primary N) is 1. The molecule has 1 aliphatic rings. The zero-order chi connectivity index (χ0) is 8.48. The Balaban J connectivity index is 2.53. The van der Waals surface area contributed by atoms with Crippen molar-refractivity contribution in [2.75, 3.05) is 0 Å². The fourth-order valence-electron chi connectivity index (χ4n) is 1.73. The maximum Gasteiger partial charge on any atom is 0.306 e. The summed E-state index contributed by atoms with van der Waals surface area (Å²) in [4.78, 5) is 10.6. The van der Waals surface area contributed by atoms with E-state index in [1.54, 1.807) is 0 Å². The van der Waals surface area contributed by atoms with E-state index in [-0.39, 0.29) is 11.5 Å². The Morgan fingerprint density at radius 2 is 2.36 bits per heavy atom. The maximum absolute atomic E-state index is 10.6. The summed E-state index contributed by atoms with van der Waals surface area (Å²) in [5, 5.41) is 8.71. The fourth-order valence-corrected chi connectivity index (χ4v) is 1.73. The highest BCUT2D eigenvalue weighted by Gasteiger charge is 2.31. The second kappa shape index (κ2) is 2.81. The van der Waals surface area contributed by atoms with E-state index >= 15 is 0 Å². The third-order valence-corrected chi connectivity index (χ3v) is 2.36. The molecule has 0 spiro atoms. The van der Waals surface area contributed by atoms with Gasteiger partial charge < -0.3 is 10.8 Å². The van der Waals surface area contributed by atoms with E-state index in [9.17, 15) is 4.79 Å². The Morgan fingerprint density at radius 1 is 1.73 bits per heavy atom. The predicted molar refractivity (Wildman–Crippen MR) is 42.2 cm³/mol. The lowest BCUT2D eigenvalue weighted by Crippen LogP contribution is -2.42. The summed E-state index contributed by atoms with van der Waals surface area (Å²) in [6.07, 6.45) is 3.32. The van der Waals surface area contributed by atoms with Crippen LogP contribution >= 0.6 is 0 Å². The smallest absolute Gasteiger partial charge is 0.306 e. The Bertz CT molecular complexity index is 165. The second-order valence-electron chi connectivity index (χ2n) is 3.79. The van der Waals surface area contributed by atoms with Crippen LogP contribution in [-0.4, -0.2) is 16.6 Å². The van der Waals surface area contributed by atoms with Crippen molar-refractivity contribution in [2.45, 2.75) is 38.1 Å². The van der Waals surface area contributed by atoms with Gasteiger partial charge in [-0.05, 0) is 26.2 Å². The summed E-state index contributed by atoms with van der Waals surface area (Å²) in [5.74, 6) is -0.903. The van der Waals surface area contributed by atoms with Gasteiger partial charge in [0.05, 0.1) is 5.92 Å². The van der Waals surface area contributed by atoms with Gasteiger partial charge in [0.2, 0.25) is 0 Å². The molecule has 0 saturated heterocycles. The zero-order valence-electron chi connectivity index (χ0n) is 6.84. The van der Waals surface area contributed by atoms with Crippen LogP contribution in [0.3, 0.4) is 0 Å². The molecule has 3 N–H and O–H groups in total. The van der Waals surface area contributed by atoms with Crippen molar-refractivity contribution in [3.63, 3.8) is 0 Å².